The van der Waals surface area contributed by atoms with E-state index in [1.807, 2.05) is 0 Å². The number of aromatic nitrogens is 2. The van der Waals surface area contributed by atoms with E-state index in [4.69, 9.17) is 11.5 Å². The average molecular weight is 221 g/mol. The third kappa shape index (κ3) is 2.27. The van der Waals surface area contributed by atoms with Crippen molar-refractivity contribution in [3.63, 3.8) is 0 Å². The van der Waals surface area contributed by atoms with Gasteiger partial charge >= 0.3 is 0 Å². The van der Waals surface area contributed by atoms with Crippen LogP contribution in [0.1, 0.15) is 23.3 Å². The van der Waals surface area contributed by atoms with Crippen molar-refractivity contribution < 1.29 is 4.79 Å². The Hall–Kier alpha value is -1.69. The Labute approximate surface area is 93.6 Å². The van der Waals surface area contributed by atoms with Crippen molar-refractivity contribution in [3.8, 4) is 0 Å². The van der Waals surface area contributed by atoms with Crippen LogP contribution in [-0.4, -0.2) is 35.2 Å². The molecule has 4 N–H and O–H groups in total. The first-order chi connectivity index (χ1) is 7.66. The first-order valence-electron chi connectivity index (χ1n) is 5.31. The molecule has 0 aromatic carbocycles. The average Bonchev–Trinajstić information content (AvgIpc) is 2.29. The maximum atomic E-state index is 10.8. The zero-order valence-corrected chi connectivity index (χ0v) is 8.97. The number of hydrogen-bond donors (Lipinski definition) is 2. The fraction of sp³-hybridized carbons (Fsp3) is 0.500. The zero-order valence-electron chi connectivity index (χ0n) is 8.97. The van der Waals surface area contributed by atoms with E-state index in [1.54, 1.807) is 12.1 Å². The van der Waals surface area contributed by atoms with E-state index >= 15 is 0 Å². The topological polar surface area (TPSA) is 98.1 Å². The fourth-order valence-electron chi connectivity index (χ4n) is 1.84. The summed E-state index contributed by atoms with van der Waals surface area (Å²) in [6.07, 6.45) is 2.10. The number of carbonyl (C=O) groups is 1. The smallest absolute Gasteiger partial charge is 0.269 e. The van der Waals surface area contributed by atoms with Gasteiger partial charge in [0.25, 0.3) is 5.91 Å². The highest BCUT2D eigenvalue weighted by Crippen LogP contribution is 2.15. The summed E-state index contributed by atoms with van der Waals surface area (Å²) in [4.78, 5) is 12.9. The van der Waals surface area contributed by atoms with Crippen LogP contribution in [0.15, 0.2) is 12.1 Å². The molecule has 0 spiro atoms. The molecule has 2 rings (SSSR count). The summed E-state index contributed by atoms with van der Waals surface area (Å²) in [5.41, 5.74) is 11.2. The Morgan fingerprint density at radius 1 is 1.44 bits per heavy atom. The number of rotatable bonds is 2. The Balaban J connectivity index is 2.11. The highest BCUT2D eigenvalue weighted by atomic mass is 16.1. The number of nitrogens with zero attached hydrogens (tertiary/aromatic N) is 3. The molecule has 6 nitrogen and oxygen atoms in total. The Kier molecular flexibility index (Phi) is 3.00. The van der Waals surface area contributed by atoms with Gasteiger partial charge in [-0.3, -0.25) is 4.79 Å². The zero-order chi connectivity index (χ0) is 11.5. The number of amides is 1. The van der Waals surface area contributed by atoms with Crippen LogP contribution in [0, 0.1) is 0 Å². The van der Waals surface area contributed by atoms with Crippen molar-refractivity contribution in [1.29, 1.82) is 0 Å². The minimum Gasteiger partial charge on any atom is -0.364 e. The Morgan fingerprint density at radius 3 is 2.81 bits per heavy atom. The summed E-state index contributed by atoms with van der Waals surface area (Å²) in [5.74, 6) is 0.189. The molecule has 0 aliphatic carbocycles. The number of primary amides is 1. The third-order valence-corrected chi connectivity index (χ3v) is 2.68. The van der Waals surface area contributed by atoms with E-state index in [-0.39, 0.29) is 11.7 Å². The van der Waals surface area contributed by atoms with Gasteiger partial charge in [0.05, 0.1) is 0 Å². The monoisotopic (exact) mass is 221 g/mol. The molecule has 1 fully saturated rings. The first-order valence-corrected chi connectivity index (χ1v) is 5.31. The van der Waals surface area contributed by atoms with Crippen molar-refractivity contribution >= 4 is 11.7 Å². The van der Waals surface area contributed by atoms with Crippen LogP contribution in [0.5, 0.6) is 0 Å². The van der Waals surface area contributed by atoms with Gasteiger partial charge in [0.15, 0.2) is 11.5 Å². The summed E-state index contributed by atoms with van der Waals surface area (Å²) in [6, 6.07) is 3.53. The predicted molar refractivity (Wildman–Crippen MR) is 60.0 cm³/mol. The number of piperidine rings is 1. The molecule has 1 atom stereocenters. The summed E-state index contributed by atoms with van der Waals surface area (Å²) >= 11 is 0. The van der Waals surface area contributed by atoms with Gasteiger partial charge in [-0.1, -0.05) is 0 Å². The lowest BCUT2D eigenvalue weighted by Gasteiger charge is -2.31. The predicted octanol–water partition coefficient (Wildman–Crippen LogP) is -0.497. The molecule has 1 aromatic heterocycles. The molecule has 1 aromatic rings. The van der Waals surface area contributed by atoms with Crippen LogP contribution in [0.4, 0.5) is 5.82 Å². The van der Waals surface area contributed by atoms with Crippen LogP contribution < -0.4 is 16.4 Å². The lowest BCUT2D eigenvalue weighted by atomic mass is 10.1. The lowest BCUT2D eigenvalue weighted by Crippen LogP contribution is -2.43. The third-order valence-electron chi connectivity index (χ3n) is 2.68. The quantitative estimate of drug-likeness (QED) is 0.701. The summed E-state index contributed by atoms with van der Waals surface area (Å²) < 4.78 is 0. The molecule has 1 aliphatic rings. The lowest BCUT2D eigenvalue weighted by molar-refractivity contribution is 0.0994. The standard InChI is InChI=1S/C10H15N5O/c11-7-2-1-5-15(6-7)9-4-3-8(10(12)16)13-14-9/h3-4,7H,1-2,5-6,11H2,(H2,12,16). The molecule has 1 amide bonds. The molecule has 6 heteroatoms. The van der Waals surface area contributed by atoms with Gasteiger partial charge in [-0.05, 0) is 25.0 Å². The summed E-state index contributed by atoms with van der Waals surface area (Å²) in [7, 11) is 0. The van der Waals surface area contributed by atoms with Crippen LogP contribution in [0.2, 0.25) is 0 Å². The van der Waals surface area contributed by atoms with Crippen molar-refractivity contribution in [1.82, 2.24) is 10.2 Å². The molecule has 0 radical (unpaired) electrons. The minimum atomic E-state index is -0.561. The van der Waals surface area contributed by atoms with E-state index in [2.05, 4.69) is 15.1 Å². The van der Waals surface area contributed by atoms with Crippen molar-refractivity contribution in [3.05, 3.63) is 17.8 Å². The number of anilines is 1. The number of carbonyl (C=O) groups excluding carboxylic acids is 1. The molecule has 1 aliphatic heterocycles. The molecule has 2 heterocycles. The normalized spacial score (nSPS) is 20.8. The SMILES string of the molecule is NC(=O)c1ccc(N2CCCC(N)C2)nn1. The Morgan fingerprint density at radius 2 is 2.25 bits per heavy atom. The van der Waals surface area contributed by atoms with Gasteiger partial charge < -0.3 is 16.4 Å². The molecular formula is C10H15N5O. The van der Waals surface area contributed by atoms with E-state index in [0.29, 0.717) is 0 Å². The van der Waals surface area contributed by atoms with Crippen LogP contribution in [-0.2, 0) is 0 Å². The van der Waals surface area contributed by atoms with Crippen LogP contribution in [0.3, 0.4) is 0 Å². The maximum Gasteiger partial charge on any atom is 0.269 e. The maximum absolute atomic E-state index is 10.8. The number of hydrogen-bond acceptors (Lipinski definition) is 5. The van der Waals surface area contributed by atoms with Gasteiger partial charge in [-0.15, -0.1) is 10.2 Å². The van der Waals surface area contributed by atoms with Gasteiger partial charge in [0.2, 0.25) is 0 Å². The summed E-state index contributed by atoms with van der Waals surface area (Å²) in [6.45, 7) is 1.71. The van der Waals surface area contributed by atoms with Gasteiger partial charge in [0.1, 0.15) is 0 Å². The molecule has 0 saturated carbocycles. The second-order valence-electron chi connectivity index (χ2n) is 3.99. The second-order valence-corrected chi connectivity index (χ2v) is 3.99. The van der Waals surface area contributed by atoms with Gasteiger partial charge in [0, 0.05) is 19.1 Å². The van der Waals surface area contributed by atoms with E-state index in [1.165, 1.54) is 0 Å². The molecule has 16 heavy (non-hydrogen) atoms. The summed E-state index contributed by atoms with van der Waals surface area (Å²) in [5, 5.41) is 7.75. The highest BCUT2D eigenvalue weighted by Gasteiger charge is 2.18. The highest BCUT2D eigenvalue weighted by molar-refractivity contribution is 5.90. The van der Waals surface area contributed by atoms with Gasteiger partial charge in [-0.25, -0.2) is 0 Å². The Bertz CT molecular complexity index is 377. The molecule has 1 saturated heterocycles. The van der Waals surface area contributed by atoms with Crippen molar-refractivity contribution in [2.45, 2.75) is 18.9 Å². The van der Waals surface area contributed by atoms with Gasteiger partial charge in [-0.2, -0.15) is 0 Å². The van der Waals surface area contributed by atoms with E-state index < -0.39 is 5.91 Å². The minimum absolute atomic E-state index is 0.185. The van der Waals surface area contributed by atoms with E-state index in [0.717, 1.165) is 31.7 Å². The van der Waals surface area contributed by atoms with E-state index in [9.17, 15) is 4.79 Å². The number of nitrogens with two attached hydrogens (primary N) is 2. The molecule has 86 valence electrons. The van der Waals surface area contributed by atoms with Crippen LogP contribution >= 0.6 is 0 Å². The van der Waals surface area contributed by atoms with Crippen molar-refractivity contribution in [2.75, 3.05) is 18.0 Å². The second kappa shape index (κ2) is 4.44. The fourth-order valence-corrected chi connectivity index (χ4v) is 1.84. The molecular weight excluding hydrogens is 206 g/mol. The van der Waals surface area contributed by atoms with Crippen LogP contribution in [0.25, 0.3) is 0 Å². The first kappa shape index (κ1) is 10.8. The molecule has 1 unspecified atom stereocenters. The largest absolute Gasteiger partial charge is 0.364 e. The van der Waals surface area contributed by atoms with Crippen molar-refractivity contribution in [2.24, 2.45) is 11.5 Å². The molecule has 0 bridgehead atoms.